The van der Waals surface area contributed by atoms with E-state index in [2.05, 4.69) is 26.1 Å². The number of nitrogens with zero attached hydrogens (tertiary/aromatic N) is 2. The van der Waals surface area contributed by atoms with Crippen molar-refractivity contribution in [3.05, 3.63) is 22.8 Å². The molecule has 0 bridgehead atoms. The second-order valence-corrected chi connectivity index (χ2v) is 4.54. The Balaban J connectivity index is 2.43. The summed E-state index contributed by atoms with van der Waals surface area (Å²) in [6, 6.07) is 0. The molecule has 0 saturated heterocycles. The van der Waals surface area contributed by atoms with E-state index in [1.54, 1.807) is 0 Å². The van der Waals surface area contributed by atoms with Crippen LogP contribution in [0.1, 0.15) is 55.9 Å². The molecule has 0 amide bonds. The van der Waals surface area contributed by atoms with Crippen LogP contribution in [0.15, 0.2) is 0 Å². The molecule has 3 heteroatoms. The first-order chi connectivity index (χ1) is 7.76. The van der Waals surface area contributed by atoms with Crippen LogP contribution < -0.4 is 5.32 Å². The van der Waals surface area contributed by atoms with Gasteiger partial charge in [0.15, 0.2) is 0 Å². The third kappa shape index (κ3) is 2.09. The van der Waals surface area contributed by atoms with Crippen molar-refractivity contribution < 1.29 is 0 Å². The van der Waals surface area contributed by atoms with Crippen LogP contribution in [0, 0.1) is 0 Å². The van der Waals surface area contributed by atoms with E-state index in [0.29, 0.717) is 5.92 Å². The van der Waals surface area contributed by atoms with Crippen molar-refractivity contribution in [1.82, 2.24) is 15.3 Å². The summed E-state index contributed by atoms with van der Waals surface area (Å²) in [6.45, 7) is 8.58. The summed E-state index contributed by atoms with van der Waals surface area (Å²) < 4.78 is 0. The van der Waals surface area contributed by atoms with Gasteiger partial charge in [0.2, 0.25) is 0 Å². The van der Waals surface area contributed by atoms with Gasteiger partial charge in [0.25, 0.3) is 0 Å². The van der Waals surface area contributed by atoms with Crippen LogP contribution in [0.2, 0.25) is 0 Å². The average Bonchev–Trinajstić information content (AvgIpc) is 2.36. The lowest BCUT2D eigenvalue weighted by Gasteiger charge is -2.21. The molecule has 0 fully saturated rings. The van der Waals surface area contributed by atoms with Gasteiger partial charge in [0.05, 0.1) is 5.69 Å². The first-order valence-electron chi connectivity index (χ1n) is 6.35. The number of fused-ring (bicyclic) bond motifs is 1. The monoisotopic (exact) mass is 219 g/mol. The molecule has 3 nitrogen and oxygen atoms in total. The third-order valence-electron chi connectivity index (χ3n) is 3.42. The van der Waals surface area contributed by atoms with E-state index in [9.17, 15) is 0 Å². The van der Waals surface area contributed by atoms with Gasteiger partial charge in [-0.05, 0) is 12.8 Å². The molecule has 1 unspecified atom stereocenters. The molecule has 1 aliphatic rings. The second kappa shape index (κ2) is 4.91. The Kier molecular flexibility index (Phi) is 3.54. The van der Waals surface area contributed by atoms with Gasteiger partial charge in [-0.25, -0.2) is 9.97 Å². The van der Waals surface area contributed by atoms with Gasteiger partial charge in [0, 0.05) is 36.7 Å². The van der Waals surface area contributed by atoms with E-state index in [1.165, 1.54) is 17.0 Å². The quantitative estimate of drug-likeness (QED) is 0.847. The van der Waals surface area contributed by atoms with Gasteiger partial charge in [-0.15, -0.1) is 0 Å². The summed E-state index contributed by atoms with van der Waals surface area (Å²) >= 11 is 0. The molecule has 1 N–H and O–H groups in total. The molecule has 2 rings (SSSR count). The van der Waals surface area contributed by atoms with Crippen LogP contribution >= 0.6 is 0 Å². The molecule has 88 valence electrons. The van der Waals surface area contributed by atoms with Crippen molar-refractivity contribution in [3.8, 4) is 0 Å². The smallest absolute Gasteiger partial charge is 0.131 e. The minimum Gasteiger partial charge on any atom is -0.312 e. The fraction of sp³-hybridized carbons (Fsp3) is 0.692. The highest BCUT2D eigenvalue weighted by Gasteiger charge is 2.18. The molecule has 0 radical (unpaired) electrons. The van der Waals surface area contributed by atoms with Crippen LogP contribution in [0.4, 0.5) is 0 Å². The number of hydrogen-bond acceptors (Lipinski definition) is 3. The molecule has 0 aromatic carbocycles. The molecule has 1 atom stereocenters. The Morgan fingerprint density at radius 2 is 2.12 bits per heavy atom. The van der Waals surface area contributed by atoms with Crippen molar-refractivity contribution in [2.24, 2.45) is 0 Å². The molecule has 16 heavy (non-hydrogen) atoms. The highest BCUT2D eigenvalue weighted by atomic mass is 15.0. The third-order valence-corrected chi connectivity index (χ3v) is 3.42. The number of aryl methyl sites for hydroxylation is 1. The Morgan fingerprint density at radius 3 is 2.81 bits per heavy atom. The lowest BCUT2D eigenvalue weighted by atomic mass is 10.0. The average molecular weight is 219 g/mol. The van der Waals surface area contributed by atoms with E-state index >= 15 is 0 Å². The second-order valence-electron chi connectivity index (χ2n) is 4.54. The largest absolute Gasteiger partial charge is 0.312 e. The minimum absolute atomic E-state index is 0.477. The summed E-state index contributed by atoms with van der Waals surface area (Å²) in [5.41, 5.74) is 3.87. The maximum atomic E-state index is 4.74. The van der Waals surface area contributed by atoms with Crippen LogP contribution in [0.3, 0.4) is 0 Å². The number of nitrogens with one attached hydrogen (secondary N) is 1. The van der Waals surface area contributed by atoms with Crippen molar-refractivity contribution in [2.45, 2.75) is 52.5 Å². The van der Waals surface area contributed by atoms with Crippen molar-refractivity contribution in [3.63, 3.8) is 0 Å². The summed E-state index contributed by atoms with van der Waals surface area (Å²) in [4.78, 5) is 9.47. The molecule has 2 heterocycles. The fourth-order valence-corrected chi connectivity index (χ4v) is 2.13. The Morgan fingerprint density at radius 1 is 1.31 bits per heavy atom. The predicted octanol–water partition coefficient (Wildman–Crippen LogP) is 2.20. The molecule has 0 spiro atoms. The Bertz CT molecular complexity index is 356. The van der Waals surface area contributed by atoms with Crippen LogP contribution in [-0.2, 0) is 19.4 Å². The van der Waals surface area contributed by atoms with Gasteiger partial charge in [-0.1, -0.05) is 20.8 Å². The fourth-order valence-electron chi connectivity index (χ4n) is 2.13. The van der Waals surface area contributed by atoms with Gasteiger partial charge < -0.3 is 5.32 Å². The first kappa shape index (κ1) is 11.5. The topological polar surface area (TPSA) is 37.8 Å². The van der Waals surface area contributed by atoms with Crippen LogP contribution in [-0.4, -0.2) is 16.5 Å². The maximum Gasteiger partial charge on any atom is 0.131 e. The van der Waals surface area contributed by atoms with E-state index in [1.807, 2.05) is 0 Å². The summed E-state index contributed by atoms with van der Waals surface area (Å²) in [7, 11) is 0. The first-order valence-corrected chi connectivity index (χ1v) is 6.35. The van der Waals surface area contributed by atoms with E-state index in [0.717, 1.165) is 38.2 Å². The van der Waals surface area contributed by atoms with Gasteiger partial charge >= 0.3 is 0 Å². The highest BCUT2D eigenvalue weighted by molar-refractivity contribution is 5.29. The Labute approximate surface area is 97.7 Å². The Hall–Kier alpha value is -0.960. The number of aromatic nitrogens is 2. The lowest BCUT2D eigenvalue weighted by molar-refractivity contribution is 0.592. The zero-order valence-electron chi connectivity index (χ0n) is 10.5. The lowest BCUT2D eigenvalue weighted by Crippen LogP contribution is -2.27. The van der Waals surface area contributed by atoms with Crippen molar-refractivity contribution >= 4 is 0 Å². The van der Waals surface area contributed by atoms with Crippen molar-refractivity contribution in [1.29, 1.82) is 0 Å². The van der Waals surface area contributed by atoms with Crippen LogP contribution in [0.25, 0.3) is 0 Å². The van der Waals surface area contributed by atoms with Gasteiger partial charge in [-0.2, -0.15) is 0 Å². The summed E-state index contributed by atoms with van der Waals surface area (Å²) in [5.74, 6) is 1.52. The maximum absolute atomic E-state index is 4.74. The molecule has 1 aromatic rings. The summed E-state index contributed by atoms with van der Waals surface area (Å²) in [6.07, 6.45) is 3.17. The standard InChI is InChI=1S/C13H21N3/c1-4-9(3)13-15-11(5-2)10-8-14-7-6-12(10)16-13/h9,14H,4-8H2,1-3H3. The van der Waals surface area contributed by atoms with E-state index in [4.69, 9.17) is 9.97 Å². The number of hydrogen-bond donors (Lipinski definition) is 1. The summed E-state index contributed by atoms with van der Waals surface area (Å²) in [5, 5.41) is 3.40. The molecule has 1 aliphatic heterocycles. The molecule has 0 aliphatic carbocycles. The molecule has 0 saturated carbocycles. The van der Waals surface area contributed by atoms with E-state index < -0.39 is 0 Å². The van der Waals surface area contributed by atoms with Gasteiger partial charge in [-0.3, -0.25) is 0 Å². The van der Waals surface area contributed by atoms with Crippen molar-refractivity contribution in [2.75, 3.05) is 6.54 Å². The highest BCUT2D eigenvalue weighted by Crippen LogP contribution is 2.21. The normalized spacial score (nSPS) is 16.9. The predicted molar refractivity (Wildman–Crippen MR) is 65.5 cm³/mol. The SMILES string of the molecule is CCc1nc(C(C)CC)nc2c1CNCC2. The van der Waals surface area contributed by atoms with E-state index in [-0.39, 0.29) is 0 Å². The van der Waals surface area contributed by atoms with Crippen LogP contribution in [0.5, 0.6) is 0 Å². The molecule has 1 aromatic heterocycles. The molecular weight excluding hydrogens is 198 g/mol. The molecular formula is C13H21N3. The minimum atomic E-state index is 0.477. The zero-order chi connectivity index (χ0) is 11.5. The number of rotatable bonds is 3. The zero-order valence-corrected chi connectivity index (χ0v) is 10.5. The van der Waals surface area contributed by atoms with Gasteiger partial charge in [0.1, 0.15) is 5.82 Å².